The Morgan fingerprint density at radius 1 is 1.53 bits per heavy atom. The van der Waals surface area contributed by atoms with Crippen LogP contribution in [0.2, 0.25) is 0 Å². The van der Waals surface area contributed by atoms with Crippen molar-refractivity contribution in [2.45, 2.75) is 52.1 Å². The first-order valence-corrected chi connectivity index (χ1v) is 6.57. The summed E-state index contributed by atoms with van der Waals surface area (Å²) < 4.78 is 5.39. The summed E-state index contributed by atoms with van der Waals surface area (Å²) in [5, 5.41) is 3.02. The molecule has 1 aliphatic carbocycles. The number of nitrogens with two attached hydrogens (primary N) is 1. The van der Waals surface area contributed by atoms with Crippen molar-refractivity contribution in [3.63, 3.8) is 0 Å². The Morgan fingerprint density at radius 3 is 2.53 bits per heavy atom. The Morgan fingerprint density at radius 2 is 2.12 bits per heavy atom. The molecule has 100 valence electrons. The SMILES string of the molecule is CCOCC(NC(=O)C(C)(N)C1CC1)C(C)C. The van der Waals surface area contributed by atoms with E-state index >= 15 is 0 Å². The fourth-order valence-electron chi connectivity index (χ4n) is 1.84. The third-order valence-corrected chi connectivity index (χ3v) is 3.54. The molecule has 4 heteroatoms. The number of nitrogens with one attached hydrogen (secondary N) is 1. The zero-order valence-corrected chi connectivity index (χ0v) is 11.5. The van der Waals surface area contributed by atoms with Gasteiger partial charge in [0.25, 0.3) is 0 Å². The van der Waals surface area contributed by atoms with Crippen LogP contribution < -0.4 is 11.1 Å². The Bertz CT molecular complexity index is 260. The zero-order valence-electron chi connectivity index (χ0n) is 11.5. The molecule has 1 saturated carbocycles. The van der Waals surface area contributed by atoms with Crippen LogP contribution in [0.25, 0.3) is 0 Å². The van der Waals surface area contributed by atoms with E-state index in [1.54, 1.807) is 0 Å². The van der Waals surface area contributed by atoms with Crippen LogP contribution in [0.1, 0.15) is 40.5 Å². The molecule has 17 heavy (non-hydrogen) atoms. The summed E-state index contributed by atoms with van der Waals surface area (Å²) in [7, 11) is 0. The fourth-order valence-corrected chi connectivity index (χ4v) is 1.84. The van der Waals surface area contributed by atoms with Crippen LogP contribution in [-0.2, 0) is 9.53 Å². The number of hydrogen-bond donors (Lipinski definition) is 2. The van der Waals surface area contributed by atoms with Crippen molar-refractivity contribution in [2.24, 2.45) is 17.6 Å². The van der Waals surface area contributed by atoms with E-state index in [9.17, 15) is 4.79 Å². The minimum absolute atomic E-state index is 0.0431. The van der Waals surface area contributed by atoms with Gasteiger partial charge in [-0.25, -0.2) is 0 Å². The van der Waals surface area contributed by atoms with Crippen LogP contribution >= 0.6 is 0 Å². The minimum atomic E-state index is -0.723. The fraction of sp³-hybridized carbons (Fsp3) is 0.923. The van der Waals surface area contributed by atoms with Crippen LogP contribution in [-0.4, -0.2) is 30.7 Å². The average Bonchev–Trinajstić information content (AvgIpc) is 3.06. The lowest BCUT2D eigenvalue weighted by atomic mass is 9.94. The largest absolute Gasteiger partial charge is 0.380 e. The van der Waals surface area contributed by atoms with Gasteiger partial charge in [-0.3, -0.25) is 4.79 Å². The summed E-state index contributed by atoms with van der Waals surface area (Å²) in [6.07, 6.45) is 2.14. The van der Waals surface area contributed by atoms with E-state index in [2.05, 4.69) is 19.2 Å². The maximum atomic E-state index is 12.1. The summed E-state index contributed by atoms with van der Waals surface area (Å²) in [5.41, 5.74) is 5.37. The van der Waals surface area contributed by atoms with E-state index in [1.165, 1.54) is 0 Å². The Labute approximate surface area is 104 Å². The van der Waals surface area contributed by atoms with Crippen molar-refractivity contribution < 1.29 is 9.53 Å². The lowest BCUT2D eigenvalue weighted by Crippen LogP contribution is -2.57. The van der Waals surface area contributed by atoms with Gasteiger partial charge in [0.05, 0.1) is 18.2 Å². The topological polar surface area (TPSA) is 64.3 Å². The monoisotopic (exact) mass is 242 g/mol. The molecule has 1 amide bonds. The van der Waals surface area contributed by atoms with E-state index in [0.717, 1.165) is 12.8 Å². The predicted molar refractivity (Wildman–Crippen MR) is 68.6 cm³/mol. The normalized spacial score (nSPS) is 21.1. The van der Waals surface area contributed by atoms with Crippen molar-refractivity contribution in [3.8, 4) is 0 Å². The smallest absolute Gasteiger partial charge is 0.240 e. The van der Waals surface area contributed by atoms with Crippen molar-refractivity contribution in [1.29, 1.82) is 0 Å². The number of carbonyl (C=O) groups excluding carboxylic acids is 1. The number of hydrogen-bond acceptors (Lipinski definition) is 3. The number of amides is 1. The van der Waals surface area contributed by atoms with E-state index < -0.39 is 5.54 Å². The molecule has 3 N–H and O–H groups in total. The number of carbonyl (C=O) groups is 1. The summed E-state index contributed by atoms with van der Waals surface area (Å²) in [6.45, 7) is 9.17. The molecule has 0 aromatic heterocycles. The van der Waals surface area contributed by atoms with Gasteiger partial charge in [0.2, 0.25) is 5.91 Å². The van der Waals surface area contributed by atoms with E-state index in [1.807, 2.05) is 13.8 Å². The van der Waals surface area contributed by atoms with Gasteiger partial charge in [0, 0.05) is 6.61 Å². The van der Waals surface area contributed by atoms with Crippen LogP contribution in [0.5, 0.6) is 0 Å². The lowest BCUT2D eigenvalue weighted by molar-refractivity contribution is -0.128. The second-order valence-electron chi connectivity index (χ2n) is 5.54. The third-order valence-electron chi connectivity index (χ3n) is 3.54. The summed E-state index contributed by atoms with van der Waals surface area (Å²) in [6, 6.07) is 0.0454. The minimum Gasteiger partial charge on any atom is -0.380 e. The molecule has 1 fully saturated rings. The molecule has 0 spiro atoms. The molecule has 1 rings (SSSR count). The summed E-state index contributed by atoms with van der Waals surface area (Å²) in [5.74, 6) is 0.654. The molecule has 1 aliphatic rings. The van der Waals surface area contributed by atoms with Gasteiger partial charge in [-0.2, -0.15) is 0 Å². The van der Waals surface area contributed by atoms with Crippen molar-refractivity contribution in [2.75, 3.05) is 13.2 Å². The first kappa shape index (κ1) is 14.5. The molecule has 4 nitrogen and oxygen atoms in total. The van der Waals surface area contributed by atoms with Crippen LogP contribution in [0.15, 0.2) is 0 Å². The molecule has 0 aromatic rings. The Hall–Kier alpha value is -0.610. The van der Waals surface area contributed by atoms with Crippen LogP contribution in [0, 0.1) is 11.8 Å². The Balaban J connectivity index is 2.50. The van der Waals surface area contributed by atoms with Crippen LogP contribution in [0.3, 0.4) is 0 Å². The highest BCUT2D eigenvalue weighted by molar-refractivity contribution is 5.86. The van der Waals surface area contributed by atoms with E-state index in [-0.39, 0.29) is 11.9 Å². The third kappa shape index (κ3) is 3.96. The highest BCUT2D eigenvalue weighted by atomic mass is 16.5. The van der Waals surface area contributed by atoms with Gasteiger partial charge in [0.15, 0.2) is 0 Å². The summed E-state index contributed by atoms with van der Waals surface area (Å²) in [4.78, 5) is 12.1. The lowest BCUT2D eigenvalue weighted by Gasteiger charge is -2.29. The van der Waals surface area contributed by atoms with Gasteiger partial charge in [-0.05, 0) is 38.5 Å². The highest BCUT2D eigenvalue weighted by Crippen LogP contribution is 2.38. The van der Waals surface area contributed by atoms with Crippen molar-refractivity contribution in [1.82, 2.24) is 5.32 Å². The first-order valence-electron chi connectivity index (χ1n) is 6.57. The van der Waals surface area contributed by atoms with E-state index in [4.69, 9.17) is 10.5 Å². The number of rotatable bonds is 7. The van der Waals surface area contributed by atoms with Gasteiger partial charge in [0.1, 0.15) is 0 Å². The molecule has 0 radical (unpaired) electrons. The van der Waals surface area contributed by atoms with Crippen LogP contribution in [0.4, 0.5) is 0 Å². The van der Waals surface area contributed by atoms with Gasteiger partial charge in [-0.15, -0.1) is 0 Å². The highest BCUT2D eigenvalue weighted by Gasteiger charge is 2.44. The second-order valence-corrected chi connectivity index (χ2v) is 5.54. The standard InChI is InChI=1S/C13H26N2O2/c1-5-17-8-11(9(2)3)15-12(16)13(4,14)10-6-7-10/h9-11H,5-8,14H2,1-4H3,(H,15,16). The first-order chi connectivity index (χ1) is 7.89. The Kier molecular flexibility index (Phi) is 4.95. The summed E-state index contributed by atoms with van der Waals surface area (Å²) >= 11 is 0. The molecule has 2 unspecified atom stereocenters. The van der Waals surface area contributed by atoms with Crippen molar-refractivity contribution >= 4 is 5.91 Å². The van der Waals surface area contributed by atoms with Gasteiger partial charge >= 0.3 is 0 Å². The zero-order chi connectivity index (χ0) is 13.1. The molecule has 0 aliphatic heterocycles. The molecular weight excluding hydrogens is 216 g/mol. The molecular formula is C13H26N2O2. The quantitative estimate of drug-likeness (QED) is 0.707. The maximum absolute atomic E-state index is 12.1. The predicted octanol–water partition coefficient (Wildman–Crippen LogP) is 1.29. The molecule has 0 aromatic carbocycles. The second kappa shape index (κ2) is 5.83. The molecule has 0 heterocycles. The van der Waals surface area contributed by atoms with Gasteiger partial charge < -0.3 is 15.8 Å². The van der Waals surface area contributed by atoms with Crippen molar-refractivity contribution in [3.05, 3.63) is 0 Å². The van der Waals surface area contributed by atoms with E-state index in [0.29, 0.717) is 25.0 Å². The van der Waals surface area contributed by atoms with Gasteiger partial charge in [-0.1, -0.05) is 13.8 Å². The molecule has 0 saturated heterocycles. The average molecular weight is 242 g/mol. The number of ether oxygens (including phenoxy) is 1. The maximum Gasteiger partial charge on any atom is 0.240 e. The molecule has 2 atom stereocenters. The molecule has 0 bridgehead atoms.